The Balaban J connectivity index is 2.79. The van der Waals surface area contributed by atoms with E-state index >= 15 is 0 Å². The molecule has 0 aliphatic carbocycles. The molecule has 0 N–H and O–H groups in total. The van der Waals surface area contributed by atoms with Gasteiger partial charge in [0.1, 0.15) is 12.2 Å². The highest BCUT2D eigenvalue weighted by Crippen LogP contribution is 2.22. The van der Waals surface area contributed by atoms with E-state index in [1.165, 1.54) is 0 Å². The topological polar surface area (TPSA) is 18.8 Å². The van der Waals surface area contributed by atoms with Crippen LogP contribution < -0.4 is 0 Å². The summed E-state index contributed by atoms with van der Waals surface area (Å²) in [7, 11) is 1.89. The molecule has 0 saturated carbocycles. The molecule has 0 saturated heterocycles. The van der Waals surface area contributed by atoms with Crippen LogP contribution in [0, 0.1) is 0 Å². The SMILES string of the molecule is C=C1N(C)N=CN1C(C)(C)C. The standard InChI is InChI=1S/C8H15N3/c1-7-10(5)9-6-11(7)8(2,3)4/h6H,1H2,2-5H3. The summed E-state index contributed by atoms with van der Waals surface area (Å²) >= 11 is 0. The Labute approximate surface area is 68.0 Å². The van der Waals surface area contributed by atoms with Crippen LogP contribution in [-0.2, 0) is 0 Å². The van der Waals surface area contributed by atoms with Crippen LogP contribution in [0.15, 0.2) is 17.5 Å². The normalized spacial score (nSPS) is 18.4. The number of nitrogens with zero attached hydrogens (tertiary/aromatic N) is 3. The zero-order chi connectivity index (χ0) is 8.65. The van der Waals surface area contributed by atoms with E-state index in [9.17, 15) is 0 Å². The molecule has 3 heteroatoms. The minimum atomic E-state index is 0.0747. The van der Waals surface area contributed by atoms with E-state index in [0.717, 1.165) is 5.82 Å². The molecule has 0 unspecified atom stereocenters. The highest BCUT2D eigenvalue weighted by atomic mass is 15.6. The molecule has 1 heterocycles. The molecule has 0 aromatic heterocycles. The van der Waals surface area contributed by atoms with Gasteiger partial charge >= 0.3 is 0 Å². The van der Waals surface area contributed by atoms with E-state index in [-0.39, 0.29) is 5.54 Å². The lowest BCUT2D eigenvalue weighted by Gasteiger charge is -2.31. The fourth-order valence-corrected chi connectivity index (χ4v) is 0.979. The molecule has 11 heavy (non-hydrogen) atoms. The molecule has 0 radical (unpaired) electrons. The van der Waals surface area contributed by atoms with Gasteiger partial charge < -0.3 is 4.90 Å². The van der Waals surface area contributed by atoms with E-state index < -0.39 is 0 Å². The van der Waals surface area contributed by atoms with Crippen molar-refractivity contribution in [1.29, 1.82) is 0 Å². The highest BCUT2D eigenvalue weighted by Gasteiger charge is 2.26. The van der Waals surface area contributed by atoms with Crippen LogP contribution in [0.4, 0.5) is 0 Å². The van der Waals surface area contributed by atoms with Crippen molar-refractivity contribution >= 4 is 6.34 Å². The molecule has 3 nitrogen and oxygen atoms in total. The lowest BCUT2D eigenvalue weighted by Crippen LogP contribution is -2.38. The van der Waals surface area contributed by atoms with Crippen LogP contribution in [0.25, 0.3) is 0 Å². The van der Waals surface area contributed by atoms with Gasteiger partial charge in [-0.25, -0.2) is 0 Å². The Kier molecular flexibility index (Phi) is 1.66. The summed E-state index contributed by atoms with van der Waals surface area (Å²) in [5.41, 5.74) is 0.0747. The lowest BCUT2D eigenvalue weighted by atomic mass is 10.1. The van der Waals surface area contributed by atoms with Crippen LogP contribution in [0.5, 0.6) is 0 Å². The van der Waals surface area contributed by atoms with Crippen molar-refractivity contribution in [3.63, 3.8) is 0 Å². The molecule has 0 bridgehead atoms. The van der Waals surface area contributed by atoms with Crippen LogP contribution in [-0.4, -0.2) is 28.8 Å². The average molecular weight is 153 g/mol. The number of rotatable bonds is 0. The summed E-state index contributed by atoms with van der Waals surface area (Å²) in [4.78, 5) is 2.05. The van der Waals surface area contributed by atoms with Gasteiger partial charge in [-0.05, 0) is 20.8 Å². The van der Waals surface area contributed by atoms with Crippen molar-refractivity contribution in [2.45, 2.75) is 26.3 Å². The Bertz CT molecular complexity index is 200. The average Bonchev–Trinajstić information content (AvgIpc) is 2.11. The lowest BCUT2D eigenvalue weighted by molar-refractivity contribution is 0.256. The summed E-state index contributed by atoms with van der Waals surface area (Å²) in [6.07, 6.45) is 1.81. The molecule has 1 rings (SSSR count). The predicted molar refractivity (Wildman–Crippen MR) is 47.0 cm³/mol. The van der Waals surface area contributed by atoms with E-state index in [1.54, 1.807) is 5.01 Å². The molecule has 0 atom stereocenters. The van der Waals surface area contributed by atoms with Crippen LogP contribution >= 0.6 is 0 Å². The predicted octanol–water partition coefficient (Wildman–Crippen LogP) is 1.45. The Morgan fingerprint density at radius 3 is 2.18 bits per heavy atom. The third-order valence-electron chi connectivity index (χ3n) is 1.71. The van der Waals surface area contributed by atoms with Gasteiger partial charge in [0.2, 0.25) is 0 Å². The van der Waals surface area contributed by atoms with Crippen molar-refractivity contribution in [3.05, 3.63) is 12.4 Å². The van der Waals surface area contributed by atoms with Gasteiger partial charge in [-0.1, -0.05) is 6.58 Å². The van der Waals surface area contributed by atoms with Gasteiger partial charge in [-0.2, -0.15) is 5.10 Å². The van der Waals surface area contributed by atoms with Crippen LogP contribution in [0.3, 0.4) is 0 Å². The summed E-state index contributed by atoms with van der Waals surface area (Å²) < 4.78 is 0. The molecule has 0 amide bonds. The Morgan fingerprint density at radius 2 is 2.00 bits per heavy atom. The first kappa shape index (κ1) is 8.11. The van der Waals surface area contributed by atoms with Gasteiger partial charge in [0.15, 0.2) is 0 Å². The van der Waals surface area contributed by atoms with Gasteiger partial charge in [-0.15, -0.1) is 0 Å². The van der Waals surface area contributed by atoms with E-state index in [0.29, 0.717) is 0 Å². The molecular weight excluding hydrogens is 138 g/mol. The second-order valence-electron chi connectivity index (χ2n) is 3.71. The number of hydrazone groups is 1. The smallest absolute Gasteiger partial charge is 0.123 e. The maximum absolute atomic E-state index is 4.10. The van der Waals surface area contributed by atoms with Crippen LogP contribution in [0.1, 0.15) is 20.8 Å². The maximum Gasteiger partial charge on any atom is 0.123 e. The minimum absolute atomic E-state index is 0.0747. The fourth-order valence-electron chi connectivity index (χ4n) is 0.979. The van der Waals surface area contributed by atoms with Gasteiger partial charge in [0, 0.05) is 12.6 Å². The first-order valence-electron chi connectivity index (χ1n) is 3.69. The second kappa shape index (κ2) is 2.26. The first-order chi connectivity index (χ1) is 4.93. The second-order valence-corrected chi connectivity index (χ2v) is 3.71. The number of hydrogen-bond acceptors (Lipinski definition) is 3. The molecule has 1 aliphatic rings. The number of hydrogen-bond donors (Lipinski definition) is 0. The van der Waals surface area contributed by atoms with E-state index in [4.69, 9.17) is 0 Å². The molecule has 0 aromatic carbocycles. The van der Waals surface area contributed by atoms with Crippen molar-refractivity contribution in [3.8, 4) is 0 Å². The van der Waals surface area contributed by atoms with E-state index in [1.807, 2.05) is 18.3 Å². The minimum Gasteiger partial charge on any atom is -0.311 e. The van der Waals surface area contributed by atoms with Crippen molar-refractivity contribution in [1.82, 2.24) is 9.91 Å². The largest absolute Gasteiger partial charge is 0.311 e. The molecule has 0 spiro atoms. The van der Waals surface area contributed by atoms with Crippen molar-refractivity contribution in [2.75, 3.05) is 7.05 Å². The third-order valence-corrected chi connectivity index (χ3v) is 1.71. The molecule has 0 fully saturated rings. The highest BCUT2D eigenvalue weighted by molar-refractivity contribution is 5.61. The summed E-state index contributed by atoms with van der Waals surface area (Å²) in [5, 5.41) is 5.87. The fraction of sp³-hybridized carbons (Fsp3) is 0.625. The zero-order valence-corrected chi connectivity index (χ0v) is 7.63. The monoisotopic (exact) mass is 153 g/mol. The third kappa shape index (κ3) is 1.37. The molecule has 0 aromatic rings. The molecular formula is C8H15N3. The molecule has 62 valence electrons. The quantitative estimate of drug-likeness (QED) is 0.524. The van der Waals surface area contributed by atoms with Gasteiger partial charge in [-0.3, -0.25) is 5.01 Å². The van der Waals surface area contributed by atoms with Gasteiger partial charge in [0.25, 0.3) is 0 Å². The summed E-state index contributed by atoms with van der Waals surface area (Å²) in [6, 6.07) is 0. The van der Waals surface area contributed by atoms with Crippen molar-refractivity contribution in [2.24, 2.45) is 5.10 Å². The Hall–Kier alpha value is -0.990. The molecule has 1 aliphatic heterocycles. The summed E-state index contributed by atoms with van der Waals surface area (Å²) in [6.45, 7) is 10.3. The van der Waals surface area contributed by atoms with Crippen molar-refractivity contribution < 1.29 is 0 Å². The van der Waals surface area contributed by atoms with Gasteiger partial charge in [0.05, 0.1) is 0 Å². The van der Waals surface area contributed by atoms with Crippen LogP contribution in [0.2, 0.25) is 0 Å². The zero-order valence-electron chi connectivity index (χ0n) is 7.63. The first-order valence-corrected chi connectivity index (χ1v) is 3.69. The Morgan fingerprint density at radius 1 is 1.45 bits per heavy atom. The van der Waals surface area contributed by atoms with E-state index in [2.05, 4.69) is 32.5 Å². The summed E-state index contributed by atoms with van der Waals surface area (Å²) in [5.74, 6) is 0.928. The maximum atomic E-state index is 4.10.